The smallest absolute Gasteiger partial charge is 0.255 e. The highest BCUT2D eigenvalue weighted by molar-refractivity contribution is 7.91. The van der Waals surface area contributed by atoms with Gasteiger partial charge in [-0.05, 0) is 35.7 Å². The van der Waals surface area contributed by atoms with Gasteiger partial charge in [-0.3, -0.25) is 4.79 Å². The van der Waals surface area contributed by atoms with Crippen molar-refractivity contribution in [1.29, 1.82) is 0 Å². The molecule has 2 aromatic rings. The molecule has 6 nitrogen and oxygen atoms in total. The van der Waals surface area contributed by atoms with E-state index in [4.69, 9.17) is 4.74 Å². The first-order valence-corrected chi connectivity index (χ1v) is 11.0. The summed E-state index contributed by atoms with van der Waals surface area (Å²) in [6.07, 6.45) is 0.815. The lowest BCUT2D eigenvalue weighted by Gasteiger charge is -2.42. The molecule has 1 amide bonds. The summed E-state index contributed by atoms with van der Waals surface area (Å²) in [5.41, 5.74) is -0.481. The molecule has 1 aromatic carbocycles. The average Bonchev–Trinajstić information content (AvgIpc) is 3.34. The highest BCUT2D eigenvalue weighted by Gasteiger charge is 2.51. The zero-order valence-electron chi connectivity index (χ0n) is 14.5. The summed E-state index contributed by atoms with van der Waals surface area (Å²) < 4.78 is 46.7. The number of ether oxygens (including phenoxy) is 1. The number of nitrogens with zero attached hydrogens (tertiary/aromatic N) is 2. The van der Waals surface area contributed by atoms with Crippen LogP contribution in [0.1, 0.15) is 23.2 Å². The number of hydrogen-bond acceptors (Lipinski definition) is 5. The quantitative estimate of drug-likeness (QED) is 0.780. The van der Waals surface area contributed by atoms with Gasteiger partial charge < -0.3 is 9.64 Å². The van der Waals surface area contributed by atoms with Crippen LogP contribution in [0.15, 0.2) is 46.0 Å². The van der Waals surface area contributed by atoms with E-state index in [0.717, 1.165) is 0 Å². The van der Waals surface area contributed by atoms with Crippen LogP contribution in [-0.4, -0.2) is 55.5 Å². The van der Waals surface area contributed by atoms with Gasteiger partial charge in [0.15, 0.2) is 0 Å². The second-order valence-corrected chi connectivity index (χ2v) is 9.64. The number of carbonyl (C=O) groups excluding carboxylic acids is 1. The molecule has 2 fully saturated rings. The molecule has 0 aliphatic carbocycles. The second-order valence-electron chi connectivity index (χ2n) is 6.60. The fourth-order valence-electron chi connectivity index (χ4n) is 3.68. The minimum absolute atomic E-state index is 0.185. The number of halogens is 1. The number of carbonyl (C=O) groups is 1. The van der Waals surface area contributed by atoms with Gasteiger partial charge in [0.1, 0.15) is 15.8 Å². The lowest BCUT2D eigenvalue weighted by molar-refractivity contribution is -0.0856. The lowest BCUT2D eigenvalue weighted by atomic mass is 10.00. The summed E-state index contributed by atoms with van der Waals surface area (Å²) >= 11 is 1.19. The van der Waals surface area contributed by atoms with Crippen molar-refractivity contribution in [2.24, 2.45) is 0 Å². The van der Waals surface area contributed by atoms with Crippen LogP contribution in [0, 0.1) is 5.82 Å². The summed E-state index contributed by atoms with van der Waals surface area (Å²) in [5, 5.41) is 1.74. The van der Waals surface area contributed by atoms with E-state index >= 15 is 0 Å². The normalized spacial score (nSPS) is 20.3. The van der Waals surface area contributed by atoms with Crippen molar-refractivity contribution < 1.29 is 22.3 Å². The zero-order chi connectivity index (χ0) is 19.1. The molecule has 0 radical (unpaired) electrons. The maximum Gasteiger partial charge on any atom is 0.255 e. The van der Waals surface area contributed by atoms with Crippen molar-refractivity contribution in [3.05, 3.63) is 53.2 Å². The van der Waals surface area contributed by atoms with Gasteiger partial charge in [0, 0.05) is 38.0 Å². The SMILES string of the molecule is O=C(c1ccc(F)cc1)N1CCC2(CC1)OCCN2S(=O)(=O)c1cccs1. The monoisotopic (exact) mass is 410 g/mol. The molecular weight excluding hydrogens is 391 g/mol. The van der Waals surface area contributed by atoms with Gasteiger partial charge in [-0.25, -0.2) is 12.8 Å². The van der Waals surface area contributed by atoms with Crippen LogP contribution in [0.2, 0.25) is 0 Å². The van der Waals surface area contributed by atoms with Crippen molar-refractivity contribution in [2.75, 3.05) is 26.2 Å². The number of amides is 1. The van der Waals surface area contributed by atoms with Crippen LogP contribution in [0.5, 0.6) is 0 Å². The molecule has 0 N–H and O–H groups in total. The van der Waals surface area contributed by atoms with Crippen molar-refractivity contribution >= 4 is 27.3 Å². The third-order valence-corrected chi connectivity index (χ3v) is 8.40. The van der Waals surface area contributed by atoms with Crippen molar-refractivity contribution in [2.45, 2.75) is 22.8 Å². The topological polar surface area (TPSA) is 66.9 Å². The molecule has 9 heteroatoms. The maximum absolute atomic E-state index is 13.1. The number of piperidine rings is 1. The Labute approximate surface area is 161 Å². The van der Waals surface area contributed by atoms with E-state index in [2.05, 4.69) is 0 Å². The molecule has 2 saturated heterocycles. The summed E-state index contributed by atoms with van der Waals surface area (Å²) in [7, 11) is -3.62. The highest BCUT2D eigenvalue weighted by Crippen LogP contribution is 2.39. The zero-order valence-corrected chi connectivity index (χ0v) is 16.1. The van der Waals surface area contributed by atoms with Crippen molar-refractivity contribution in [1.82, 2.24) is 9.21 Å². The minimum Gasteiger partial charge on any atom is -0.358 e. The number of sulfonamides is 1. The van der Waals surface area contributed by atoms with E-state index < -0.39 is 21.6 Å². The number of rotatable bonds is 3. The van der Waals surface area contributed by atoms with Gasteiger partial charge in [-0.15, -0.1) is 11.3 Å². The average molecular weight is 410 g/mol. The Hall–Kier alpha value is -1.81. The summed E-state index contributed by atoms with van der Waals surface area (Å²) in [5.74, 6) is -0.576. The fraction of sp³-hybridized carbons (Fsp3) is 0.389. The second kappa shape index (κ2) is 6.97. The van der Waals surface area contributed by atoms with Gasteiger partial charge in [-0.1, -0.05) is 6.07 Å². The number of benzene rings is 1. The largest absolute Gasteiger partial charge is 0.358 e. The molecule has 0 bridgehead atoms. The molecule has 144 valence electrons. The van der Waals surface area contributed by atoms with Crippen LogP contribution in [0.4, 0.5) is 4.39 Å². The highest BCUT2D eigenvalue weighted by atomic mass is 32.2. The summed E-state index contributed by atoms with van der Waals surface area (Å²) in [4.78, 5) is 14.3. The third kappa shape index (κ3) is 3.29. The number of thiophene rings is 1. The van der Waals surface area contributed by atoms with Crippen molar-refractivity contribution in [3.63, 3.8) is 0 Å². The van der Waals surface area contributed by atoms with Crippen LogP contribution >= 0.6 is 11.3 Å². The van der Waals surface area contributed by atoms with Gasteiger partial charge in [0.2, 0.25) is 0 Å². The molecule has 0 unspecified atom stereocenters. The molecular formula is C18H19FN2O4S2. The van der Waals surface area contributed by atoms with Gasteiger partial charge in [0.25, 0.3) is 15.9 Å². The molecule has 4 rings (SSSR count). The molecule has 0 saturated carbocycles. The van der Waals surface area contributed by atoms with Crippen molar-refractivity contribution in [3.8, 4) is 0 Å². The first-order valence-electron chi connectivity index (χ1n) is 8.68. The minimum atomic E-state index is -3.62. The van der Waals surface area contributed by atoms with E-state index in [1.807, 2.05) is 0 Å². The van der Waals surface area contributed by atoms with Crippen LogP contribution in [-0.2, 0) is 14.8 Å². The fourth-order valence-corrected chi connectivity index (χ4v) is 6.51. The van der Waals surface area contributed by atoms with Gasteiger partial charge in [0.05, 0.1) is 6.61 Å². The Bertz CT molecular complexity index is 921. The predicted octanol–water partition coefficient (Wildman–Crippen LogP) is 2.54. The van der Waals surface area contributed by atoms with Crippen LogP contribution < -0.4 is 0 Å². The Balaban J connectivity index is 1.50. The molecule has 1 spiro atoms. The van der Waals surface area contributed by atoms with Gasteiger partial charge >= 0.3 is 0 Å². The Kier molecular flexibility index (Phi) is 4.79. The van der Waals surface area contributed by atoms with Crippen LogP contribution in [0.3, 0.4) is 0 Å². The van der Waals surface area contributed by atoms with E-state index in [9.17, 15) is 17.6 Å². The van der Waals surface area contributed by atoms with E-state index in [0.29, 0.717) is 48.9 Å². The predicted molar refractivity (Wildman–Crippen MR) is 98.4 cm³/mol. The third-order valence-electron chi connectivity index (χ3n) is 5.08. The van der Waals surface area contributed by atoms with E-state index in [-0.39, 0.29) is 5.91 Å². The van der Waals surface area contributed by atoms with Crippen LogP contribution in [0.25, 0.3) is 0 Å². The Morgan fingerprint density at radius 2 is 1.81 bits per heavy atom. The summed E-state index contributed by atoms with van der Waals surface area (Å²) in [6, 6.07) is 8.75. The first-order chi connectivity index (χ1) is 12.9. The molecule has 2 aliphatic rings. The van der Waals surface area contributed by atoms with E-state index in [1.165, 1.54) is 39.9 Å². The molecule has 27 heavy (non-hydrogen) atoms. The first kappa shape index (κ1) is 18.5. The Morgan fingerprint density at radius 3 is 2.44 bits per heavy atom. The number of likely N-dealkylation sites (tertiary alicyclic amines) is 1. The molecule has 3 heterocycles. The summed E-state index contributed by atoms with van der Waals surface area (Å²) in [6.45, 7) is 1.42. The molecule has 1 aromatic heterocycles. The maximum atomic E-state index is 13.1. The van der Waals surface area contributed by atoms with Gasteiger partial charge in [-0.2, -0.15) is 4.31 Å². The molecule has 0 atom stereocenters. The lowest BCUT2D eigenvalue weighted by Crippen LogP contribution is -2.55. The van der Waals surface area contributed by atoms with E-state index in [1.54, 1.807) is 22.4 Å². The molecule has 2 aliphatic heterocycles. The standard InChI is InChI=1S/C18H19FN2O4S2/c19-15-5-3-14(4-6-15)17(22)20-9-7-18(8-10-20)21(11-12-25-18)27(23,24)16-2-1-13-26-16/h1-6,13H,7-12H2. The number of hydrogen-bond donors (Lipinski definition) is 0. The Morgan fingerprint density at radius 1 is 1.11 bits per heavy atom.